The molecule has 1 saturated heterocycles. The molecule has 1 aliphatic heterocycles. The van der Waals surface area contributed by atoms with Crippen LogP contribution < -0.4 is 10.6 Å². The van der Waals surface area contributed by atoms with E-state index >= 15 is 0 Å². The fourth-order valence-electron chi connectivity index (χ4n) is 2.74. The van der Waals surface area contributed by atoms with Crippen molar-refractivity contribution in [1.29, 1.82) is 0 Å². The molecule has 0 spiro atoms. The van der Waals surface area contributed by atoms with Gasteiger partial charge >= 0.3 is 0 Å². The number of rotatable bonds is 7. The zero-order chi connectivity index (χ0) is 17.5. The molecule has 5 nitrogen and oxygen atoms in total. The highest BCUT2D eigenvalue weighted by Crippen LogP contribution is 2.27. The first-order chi connectivity index (χ1) is 12.2. The molecule has 1 aromatic heterocycles. The largest absolute Gasteiger partial charge is 0.367 e. The molecule has 25 heavy (non-hydrogen) atoms. The maximum atomic E-state index is 12.8. The summed E-state index contributed by atoms with van der Waals surface area (Å²) < 4.78 is 18.2. The van der Waals surface area contributed by atoms with Gasteiger partial charge in [0.05, 0.1) is 23.9 Å². The standard InChI is InChI=1S/C18H22FN3O2S/c19-15-3-1-13(2-4-15)10-24-11-17(23)21-9-16-12-25-18(22-16)14-5-7-20-8-6-14/h1-4,12,14,20H,5-11H2,(H,21,23). The van der Waals surface area contributed by atoms with Crippen molar-refractivity contribution in [2.24, 2.45) is 0 Å². The van der Waals surface area contributed by atoms with E-state index in [0.29, 0.717) is 12.5 Å². The van der Waals surface area contributed by atoms with Crippen LogP contribution in [0.4, 0.5) is 4.39 Å². The summed E-state index contributed by atoms with van der Waals surface area (Å²) in [5, 5.41) is 9.35. The normalized spacial score (nSPS) is 15.2. The summed E-state index contributed by atoms with van der Waals surface area (Å²) in [5.74, 6) is 0.0712. The zero-order valence-electron chi connectivity index (χ0n) is 14.0. The van der Waals surface area contributed by atoms with Gasteiger partial charge in [0.25, 0.3) is 0 Å². The number of aromatic nitrogens is 1. The molecule has 1 aromatic carbocycles. The Bertz CT molecular complexity index is 684. The predicted molar refractivity (Wildman–Crippen MR) is 94.9 cm³/mol. The molecule has 0 radical (unpaired) electrons. The SMILES string of the molecule is O=C(COCc1ccc(F)cc1)NCc1csc(C2CCNCC2)n1. The molecule has 0 saturated carbocycles. The number of carbonyl (C=O) groups is 1. The van der Waals surface area contributed by atoms with E-state index in [4.69, 9.17) is 4.74 Å². The first kappa shape index (κ1) is 18.0. The molecule has 2 heterocycles. The smallest absolute Gasteiger partial charge is 0.246 e. The maximum absolute atomic E-state index is 12.8. The van der Waals surface area contributed by atoms with Crippen LogP contribution in [0.25, 0.3) is 0 Å². The van der Waals surface area contributed by atoms with Crippen molar-refractivity contribution in [3.05, 3.63) is 51.7 Å². The third-order valence-electron chi connectivity index (χ3n) is 4.14. The van der Waals surface area contributed by atoms with E-state index in [1.807, 2.05) is 5.38 Å². The average Bonchev–Trinajstić information content (AvgIpc) is 3.11. The Kier molecular flexibility index (Phi) is 6.49. The van der Waals surface area contributed by atoms with Gasteiger partial charge in [0.2, 0.25) is 5.91 Å². The van der Waals surface area contributed by atoms with E-state index < -0.39 is 0 Å². The average molecular weight is 363 g/mol. The van der Waals surface area contributed by atoms with Crippen LogP contribution in [0.3, 0.4) is 0 Å². The summed E-state index contributed by atoms with van der Waals surface area (Å²) >= 11 is 1.67. The molecule has 1 amide bonds. The number of hydrogen-bond acceptors (Lipinski definition) is 5. The van der Waals surface area contributed by atoms with Crippen LogP contribution >= 0.6 is 11.3 Å². The molecule has 0 bridgehead atoms. The third-order valence-corrected chi connectivity index (χ3v) is 5.20. The Balaban J connectivity index is 1.37. The van der Waals surface area contributed by atoms with Crippen molar-refractivity contribution >= 4 is 17.2 Å². The van der Waals surface area contributed by atoms with Gasteiger partial charge in [-0.1, -0.05) is 12.1 Å². The lowest BCUT2D eigenvalue weighted by atomic mass is 9.99. The molecule has 2 aromatic rings. The van der Waals surface area contributed by atoms with E-state index in [1.54, 1.807) is 23.5 Å². The number of benzene rings is 1. The summed E-state index contributed by atoms with van der Waals surface area (Å²) in [6.45, 7) is 2.76. The molecular weight excluding hydrogens is 341 g/mol. The van der Waals surface area contributed by atoms with Gasteiger partial charge in [-0.25, -0.2) is 9.37 Å². The molecular formula is C18H22FN3O2S. The number of ether oxygens (including phenoxy) is 1. The van der Waals surface area contributed by atoms with Crippen molar-refractivity contribution in [3.63, 3.8) is 0 Å². The van der Waals surface area contributed by atoms with Gasteiger partial charge in [-0.05, 0) is 43.6 Å². The molecule has 0 unspecified atom stereocenters. The number of nitrogens with zero attached hydrogens (tertiary/aromatic N) is 1. The number of carbonyl (C=O) groups excluding carboxylic acids is 1. The van der Waals surface area contributed by atoms with Crippen LogP contribution in [0.15, 0.2) is 29.6 Å². The Morgan fingerprint density at radius 2 is 2.08 bits per heavy atom. The lowest BCUT2D eigenvalue weighted by Crippen LogP contribution is -2.27. The second-order valence-electron chi connectivity index (χ2n) is 6.10. The topological polar surface area (TPSA) is 63.2 Å². The molecule has 2 N–H and O–H groups in total. The highest BCUT2D eigenvalue weighted by Gasteiger charge is 2.18. The van der Waals surface area contributed by atoms with Gasteiger partial charge < -0.3 is 15.4 Å². The summed E-state index contributed by atoms with van der Waals surface area (Å²) in [5.41, 5.74) is 1.73. The molecule has 0 atom stereocenters. The predicted octanol–water partition coefficient (Wildman–Crippen LogP) is 2.58. The minimum absolute atomic E-state index is 0.0251. The van der Waals surface area contributed by atoms with Gasteiger partial charge in [0, 0.05) is 11.3 Å². The fourth-order valence-corrected chi connectivity index (χ4v) is 3.73. The van der Waals surface area contributed by atoms with Crippen molar-refractivity contribution < 1.29 is 13.9 Å². The summed E-state index contributed by atoms with van der Waals surface area (Å²) in [4.78, 5) is 16.5. The Labute approximate surface area is 150 Å². The van der Waals surface area contributed by atoms with Gasteiger partial charge in [0.15, 0.2) is 0 Å². The van der Waals surface area contributed by atoms with E-state index in [-0.39, 0.29) is 24.9 Å². The van der Waals surface area contributed by atoms with Gasteiger partial charge in [0.1, 0.15) is 12.4 Å². The number of piperidine rings is 1. The third kappa shape index (κ3) is 5.59. The van der Waals surface area contributed by atoms with Gasteiger partial charge in [-0.3, -0.25) is 4.79 Å². The monoisotopic (exact) mass is 363 g/mol. The molecule has 1 fully saturated rings. The minimum atomic E-state index is -0.284. The molecule has 134 valence electrons. The highest BCUT2D eigenvalue weighted by molar-refractivity contribution is 7.09. The Hall–Kier alpha value is -1.83. The van der Waals surface area contributed by atoms with E-state index in [1.165, 1.54) is 17.1 Å². The number of nitrogens with one attached hydrogen (secondary N) is 2. The summed E-state index contributed by atoms with van der Waals surface area (Å²) in [6.07, 6.45) is 2.24. The first-order valence-electron chi connectivity index (χ1n) is 8.44. The Morgan fingerprint density at radius 3 is 2.84 bits per heavy atom. The number of halogens is 1. The van der Waals surface area contributed by atoms with E-state index in [0.717, 1.165) is 37.2 Å². The quantitative estimate of drug-likeness (QED) is 0.794. The van der Waals surface area contributed by atoms with E-state index in [2.05, 4.69) is 15.6 Å². The maximum Gasteiger partial charge on any atom is 0.246 e. The van der Waals surface area contributed by atoms with Gasteiger partial charge in [-0.15, -0.1) is 11.3 Å². The molecule has 3 rings (SSSR count). The number of hydrogen-bond donors (Lipinski definition) is 2. The van der Waals surface area contributed by atoms with Crippen molar-refractivity contribution in [3.8, 4) is 0 Å². The van der Waals surface area contributed by atoms with E-state index in [9.17, 15) is 9.18 Å². The van der Waals surface area contributed by atoms with Crippen LogP contribution in [0.2, 0.25) is 0 Å². The van der Waals surface area contributed by atoms with Crippen LogP contribution in [0.5, 0.6) is 0 Å². The summed E-state index contributed by atoms with van der Waals surface area (Å²) in [7, 11) is 0. The molecule has 1 aliphatic rings. The first-order valence-corrected chi connectivity index (χ1v) is 9.32. The van der Waals surface area contributed by atoms with Crippen LogP contribution in [-0.2, 0) is 22.7 Å². The van der Waals surface area contributed by atoms with Crippen LogP contribution in [-0.4, -0.2) is 30.6 Å². The lowest BCUT2D eigenvalue weighted by Gasteiger charge is -2.20. The van der Waals surface area contributed by atoms with Crippen LogP contribution in [0, 0.1) is 5.82 Å². The van der Waals surface area contributed by atoms with Crippen LogP contribution in [0.1, 0.15) is 35.0 Å². The number of amides is 1. The molecule has 0 aliphatic carbocycles. The second-order valence-corrected chi connectivity index (χ2v) is 6.99. The summed E-state index contributed by atoms with van der Waals surface area (Å²) in [6, 6.07) is 6.04. The van der Waals surface area contributed by atoms with Gasteiger partial charge in [-0.2, -0.15) is 0 Å². The minimum Gasteiger partial charge on any atom is -0.367 e. The van der Waals surface area contributed by atoms with Crippen molar-refractivity contribution in [2.45, 2.75) is 31.9 Å². The second kappa shape index (κ2) is 9.03. The zero-order valence-corrected chi connectivity index (χ0v) is 14.8. The van der Waals surface area contributed by atoms with Crippen molar-refractivity contribution in [1.82, 2.24) is 15.6 Å². The fraction of sp³-hybridized carbons (Fsp3) is 0.444. The lowest BCUT2D eigenvalue weighted by molar-refractivity contribution is -0.126. The molecule has 7 heteroatoms. The highest BCUT2D eigenvalue weighted by atomic mass is 32.1. The number of thiazole rings is 1. The Morgan fingerprint density at radius 1 is 1.32 bits per heavy atom. The van der Waals surface area contributed by atoms with Crippen molar-refractivity contribution in [2.75, 3.05) is 19.7 Å².